The van der Waals surface area contributed by atoms with Crippen molar-refractivity contribution in [3.05, 3.63) is 109 Å². The first-order valence-corrected chi connectivity index (χ1v) is 28.4. The molecular formula is C63H104O6. The highest BCUT2D eigenvalue weighted by Crippen LogP contribution is 2.14. The molecule has 0 fully saturated rings. The van der Waals surface area contributed by atoms with Crippen LogP contribution in [0.25, 0.3) is 0 Å². The second-order valence-corrected chi connectivity index (χ2v) is 18.4. The minimum atomic E-state index is -0.798. The molecule has 0 aliphatic carbocycles. The lowest BCUT2D eigenvalue weighted by Crippen LogP contribution is -2.30. The fourth-order valence-electron chi connectivity index (χ4n) is 7.54. The summed E-state index contributed by atoms with van der Waals surface area (Å²) in [4.78, 5) is 38.2. The number of rotatable bonds is 50. The number of esters is 3. The van der Waals surface area contributed by atoms with Gasteiger partial charge in [-0.05, 0) is 122 Å². The molecule has 0 N–H and O–H groups in total. The van der Waals surface area contributed by atoms with Crippen LogP contribution in [-0.4, -0.2) is 37.2 Å². The Morgan fingerprint density at radius 2 is 0.565 bits per heavy atom. The van der Waals surface area contributed by atoms with Gasteiger partial charge >= 0.3 is 17.9 Å². The van der Waals surface area contributed by atoms with Gasteiger partial charge in [-0.1, -0.05) is 220 Å². The van der Waals surface area contributed by atoms with E-state index in [-0.39, 0.29) is 31.1 Å². The number of carbonyl (C=O) groups is 3. The van der Waals surface area contributed by atoms with Crippen LogP contribution in [0.2, 0.25) is 0 Å². The number of ether oxygens (including phenoxy) is 3. The summed E-state index contributed by atoms with van der Waals surface area (Å²) in [6, 6.07) is 0. The summed E-state index contributed by atoms with van der Waals surface area (Å²) in [7, 11) is 0. The maximum atomic E-state index is 12.9. The highest BCUT2D eigenvalue weighted by molar-refractivity contribution is 5.71. The molecule has 0 amide bonds. The first kappa shape index (κ1) is 65.1. The molecule has 6 heteroatoms. The van der Waals surface area contributed by atoms with Crippen LogP contribution in [0, 0.1) is 0 Å². The molecule has 0 radical (unpaired) electrons. The van der Waals surface area contributed by atoms with Crippen molar-refractivity contribution < 1.29 is 28.6 Å². The maximum Gasteiger partial charge on any atom is 0.306 e. The van der Waals surface area contributed by atoms with Gasteiger partial charge in [-0.15, -0.1) is 0 Å². The van der Waals surface area contributed by atoms with Gasteiger partial charge in [-0.2, -0.15) is 0 Å². The first-order chi connectivity index (χ1) is 34.0. The van der Waals surface area contributed by atoms with Crippen molar-refractivity contribution in [1.29, 1.82) is 0 Å². The molecule has 0 saturated heterocycles. The minimum Gasteiger partial charge on any atom is -0.462 e. The first-order valence-electron chi connectivity index (χ1n) is 28.4. The van der Waals surface area contributed by atoms with Gasteiger partial charge in [0.15, 0.2) is 6.10 Å². The van der Waals surface area contributed by atoms with Crippen LogP contribution < -0.4 is 0 Å². The topological polar surface area (TPSA) is 78.9 Å². The Morgan fingerprint density at radius 3 is 0.884 bits per heavy atom. The highest BCUT2D eigenvalue weighted by Gasteiger charge is 2.19. The Kier molecular flexibility index (Phi) is 53.4. The van der Waals surface area contributed by atoms with E-state index >= 15 is 0 Å². The molecule has 0 aromatic rings. The van der Waals surface area contributed by atoms with E-state index in [2.05, 4.69) is 130 Å². The summed E-state index contributed by atoms with van der Waals surface area (Å²) in [5, 5.41) is 0. The summed E-state index contributed by atoms with van der Waals surface area (Å²) in [5.41, 5.74) is 0. The van der Waals surface area contributed by atoms with Crippen LogP contribution in [0.5, 0.6) is 0 Å². The molecule has 0 aliphatic heterocycles. The zero-order valence-electron chi connectivity index (χ0n) is 44.8. The van der Waals surface area contributed by atoms with Gasteiger partial charge in [0.2, 0.25) is 0 Å². The van der Waals surface area contributed by atoms with E-state index in [1.54, 1.807) is 0 Å². The van der Waals surface area contributed by atoms with E-state index in [1.165, 1.54) is 64.2 Å². The van der Waals surface area contributed by atoms with Crippen molar-refractivity contribution >= 4 is 17.9 Å². The van der Waals surface area contributed by atoms with Gasteiger partial charge in [0, 0.05) is 19.3 Å². The molecule has 0 aromatic carbocycles. The SMILES string of the molecule is CC/C=C\C/C=C\C/C=C\C/C=C\CCCCCCCCC(=O)OCC(COC(=O)CCCCCCC/C=C\C/C=C\C/C=C\CC)OC(=O)CCCCCCCCC/C=C\C/C=C\CCCCC. The third kappa shape index (κ3) is 54.9. The predicted octanol–water partition coefficient (Wildman–Crippen LogP) is 19.1. The molecule has 6 nitrogen and oxygen atoms in total. The fourth-order valence-corrected chi connectivity index (χ4v) is 7.54. The zero-order valence-corrected chi connectivity index (χ0v) is 44.8. The highest BCUT2D eigenvalue weighted by atomic mass is 16.6. The summed E-state index contributed by atoms with van der Waals surface area (Å²) < 4.78 is 16.8. The van der Waals surface area contributed by atoms with Crippen molar-refractivity contribution in [3.63, 3.8) is 0 Å². The van der Waals surface area contributed by atoms with Gasteiger partial charge in [0.05, 0.1) is 0 Å². The number of hydrogen-bond donors (Lipinski definition) is 0. The number of hydrogen-bond acceptors (Lipinski definition) is 6. The van der Waals surface area contributed by atoms with Crippen molar-refractivity contribution in [2.75, 3.05) is 13.2 Å². The smallest absolute Gasteiger partial charge is 0.306 e. The molecule has 392 valence electrons. The monoisotopic (exact) mass is 957 g/mol. The van der Waals surface area contributed by atoms with Crippen LogP contribution in [0.3, 0.4) is 0 Å². The second-order valence-electron chi connectivity index (χ2n) is 18.4. The van der Waals surface area contributed by atoms with Gasteiger partial charge in [-0.3, -0.25) is 14.4 Å². The van der Waals surface area contributed by atoms with E-state index in [9.17, 15) is 14.4 Å². The molecule has 0 bridgehead atoms. The molecule has 1 unspecified atom stereocenters. The van der Waals surface area contributed by atoms with Gasteiger partial charge < -0.3 is 14.2 Å². The van der Waals surface area contributed by atoms with E-state index in [0.717, 1.165) is 148 Å². The molecule has 0 rings (SSSR count). The molecule has 0 aliphatic rings. The Labute approximate surface area is 425 Å². The molecule has 69 heavy (non-hydrogen) atoms. The molecule has 1 atom stereocenters. The van der Waals surface area contributed by atoms with Gasteiger partial charge in [-0.25, -0.2) is 0 Å². The third-order valence-electron chi connectivity index (χ3n) is 11.7. The Morgan fingerprint density at radius 1 is 0.304 bits per heavy atom. The van der Waals surface area contributed by atoms with Crippen LogP contribution in [0.4, 0.5) is 0 Å². The lowest BCUT2D eigenvalue weighted by Gasteiger charge is -2.18. The third-order valence-corrected chi connectivity index (χ3v) is 11.7. The molecule has 0 spiro atoms. The molecule has 0 aromatic heterocycles. The van der Waals surface area contributed by atoms with Crippen molar-refractivity contribution in [1.82, 2.24) is 0 Å². The summed E-state index contributed by atoms with van der Waals surface area (Å²) in [6.07, 6.45) is 76.4. The quantitative estimate of drug-likeness (QED) is 0.0262. The second kappa shape index (κ2) is 56.7. The molecule has 0 saturated carbocycles. The van der Waals surface area contributed by atoms with E-state index < -0.39 is 6.10 Å². The van der Waals surface area contributed by atoms with Crippen LogP contribution in [0.1, 0.15) is 252 Å². The van der Waals surface area contributed by atoms with E-state index in [0.29, 0.717) is 19.3 Å². The standard InChI is InChI=1S/C63H104O6/c1-4-7-10-13-16-19-22-25-28-30-31-33-35-38-41-44-47-50-53-56-62(65)68-59-60(58-67-61(64)55-52-49-46-43-40-37-34-27-24-21-18-15-12-9-6-3)69-63(66)57-54-51-48-45-42-39-36-32-29-26-23-20-17-14-11-8-5-2/h7,9-10,12,16-21,25-29,31,33-34,60H,4-6,8,11,13-15,22-24,30,32,35-59H2,1-3H3/b10-7-,12-9-,19-16-,20-17-,21-18-,28-25-,29-26-,33-31-,34-27-. The largest absolute Gasteiger partial charge is 0.462 e. The Hall–Kier alpha value is -3.93. The van der Waals surface area contributed by atoms with Crippen molar-refractivity contribution in [2.45, 2.75) is 258 Å². The minimum absolute atomic E-state index is 0.0961. The average Bonchev–Trinajstić information content (AvgIpc) is 3.35. The normalized spacial score (nSPS) is 12.9. The number of allylic oxidation sites excluding steroid dienone is 18. The molecular weight excluding hydrogens is 853 g/mol. The number of unbranched alkanes of at least 4 members (excludes halogenated alkanes) is 21. The molecule has 0 heterocycles. The van der Waals surface area contributed by atoms with Crippen LogP contribution >= 0.6 is 0 Å². The average molecular weight is 958 g/mol. The Balaban J connectivity index is 4.46. The lowest BCUT2D eigenvalue weighted by atomic mass is 10.1. The van der Waals surface area contributed by atoms with Gasteiger partial charge in [0.25, 0.3) is 0 Å². The predicted molar refractivity (Wildman–Crippen MR) is 297 cm³/mol. The zero-order chi connectivity index (χ0) is 50.0. The van der Waals surface area contributed by atoms with Crippen molar-refractivity contribution in [2.24, 2.45) is 0 Å². The summed E-state index contributed by atoms with van der Waals surface area (Å²) >= 11 is 0. The summed E-state index contributed by atoms with van der Waals surface area (Å²) in [5.74, 6) is -0.933. The van der Waals surface area contributed by atoms with Gasteiger partial charge in [0.1, 0.15) is 13.2 Å². The van der Waals surface area contributed by atoms with Crippen molar-refractivity contribution in [3.8, 4) is 0 Å². The lowest BCUT2D eigenvalue weighted by molar-refractivity contribution is -0.167. The fraction of sp³-hybridized carbons (Fsp3) is 0.667. The summed E-state index contributed by atoms with van der Waals surface area (Å²) in [6.45, 7) is 6.36. The van der Waals surface area contributed by atoms with E-state index in [4.69, 9.17) is 14.2 Å². The van der Waals surface area contributed by atoms with Crippen LogP contribution in [-0.2, 0) is 28.6 Å². The Bertz CT molecular complexity index is 1420. The number of carbonyl (C=O) groups excluding carboxylic acids is 3. The maximum absolute atomic E-state index is 12.9. The van der Waals surface area contributed by atoms with Crippen LogP contribution in [0.15, 0.2) is 109 Å². The van der Waals surface area contributed by atoms with E-state index in [1.807, 2.05) is 0 Å².